The third-order valence-corrected chi connectivity index (χ3v) is 2.52. The fourth-order valence-electron chi connectivity index (χ4n) is 1.41. The molecule has 0 unspecified atom stereocenters. The summed E-state index contributed by atoms with van der Waals surface area (Å²) in [6, 6.07) is 2.92. The van der Waals surface area contributed by atoms with Crippen LogP contribution in [0.2, 0.25) is 0 Å². The fraction of sp³-hybridized carbons (Fsp3) is 0.455. The molecule has 0 aliphatic heterocycles. The molecule has 0 bridgehead atoms. The molecule has 0 spiro atoms. The summed E-state index contributed by atoms with van der Waals surface area (Å²) in [6.07, 6.45) is 2.23. The molecule has 0 aliphatic carbocycles. The number of amides is 1. The maximum atomic E-state index is 12.0. The third-order valence-electron chi connectivity index (χ3n) is 2.25. The molecule has 0 saturated heterocycles. The van der Waals surface area contributed by atoms with Crippen molar-refractivity contribution in [1.82, 2.24) is 9.88 Å². The Morgan fingerprint density at radius 2 is 2.31 bits per heavy atom. The number of H-pyrrole nitrogens is 1. The minimum Gasteiger partial charge on any atom is -0.339 e. The van der Waals surface area contributed by atoms with E-state index in [1.165, 1.54) is 12.3 Å². The Morgan fingerprint density at radius 3 is 2.88 bits per heavy atom. The molecule has 1 heterocycles. The zero-order valence-corrected chi connectivity index (χ0v) is 9.96. The minimum absolute atomic E-state index is 0.126. The highest BCUT2D eigenvalue weighted by atomic mass is 35.5. The SMILES string of the molecule is CCN(CCCCl)C(=O)c1cc[nH]c(=O)c1. The van der Waals surface area contributed by atoms with E-state index in [9.17, 15) is 9.59 Å². The van der Waals surface area contributed by atoms with Crippen molar-refractivity contribution in [2.45, 2.75) is 13.3 Å². The molecule has 5 heteroatoms. The smallest absolute Gasteiger partial charge is 0.254 e. The average molecular weight is 243 g/mol. The summed E-state index contributed by atoms with van der Waals surface area (Å²) in [6.45, 7) is 3.13. The number of carbonyl (C=O) groups is 1. The maximum Gasteiger partial charge on any atom is 0.254 e. The van der Waals surface area contributed by atoms with Crippen LogP contribution in [-0.2, 0) is 0 Å². The summed E-state index contributed by atoms with van der Waals surface area (Å²) in [5, 5.41) is 0. The molecule has 88 valence electrons. The number of aromatic amines is 1. The van der Waals surface area contributed by atoms with Crippen molar-refractivity contribution >= 4 is 17.5 Å². The number of aromatic nitrogens is 1. The van der Waals surface area contributed by atoms with Gasteiger partial charge in [0.15, 0.2) is 0 Å². The Bertz CT molecular complexity index is 403. The van der Waals surface area contributed by atoms with Gasteiger partial charge >= 0.3 is 0 Å². The number of pyridine rings is 1. The Hall–Kier alpha value is -1.29. The number of halogens is 1. The van der Waals surface area contributed by atoms with Gasteiger partial charge in [0.2, 0.25) is 5.56 Å². The van der Waals surface area contributed by atoms with Crippen LogP contribution in [0.1, 0.15) is 23.7 Å². The molecule has 4 nitrogen and oxygen atoms in total. The number of hydrogen-bond acceptors (Lipinski definition) is 2. The molecule has 1 amide bonds. The second-order valence-electron chi connectivity index (χ2n) is 3.37. The van der Waals surface area contributed by atoms with Crippen LogP contribution >= 0.6 is 11.6 Å². The summed E-state index contributed by atoms with van der Waals surface area (Å²) in [5.74, 6) is 0.401. The minimum atomic E-state index is -0.265. The third kappa shape index (κ3) is 3.38. The van der Waals surface area contributed by atoms with Crippen LogP contribution in [0.5, 0.6) is 0 Å². The maximum absolute atomic E-state index is 12.0. The van der Waals surface area contributed by atoms with Gasteiger partial charge in [-0.25, -0.2) is 0 Å². The number of rotatable bonds is 5. The van der Waals surface area contributed by atoms with Crippen LogP contribution in [0.15, 0.2) is 23.1 Å². The Kier molecular flexibility index (Phi) is 5.05. The van der Waals surface area contributed by atoms with Crippen molar-refractivity contribution in [1.29, 1.82) is 0 Å². The Morgan fingerprint density at radius 1 is 1.56 bits per heavy atom. The topological polar surface area (TPSA) is 53.2 Å². The second kappa shape index (κ2) is 6.33. The summed E-state index contributed by atoms with van der Waals surface area (Å²) < 4.78 is 0. The van der Waals surface area contributed by atoms with Gasteiger partial charge in [0.25, 0.3) is 5.91 Å². The van der Waals surface area contributed by atoms with E-state index in [1.54, 1.807) is 11.0 Å². The first-order chi connectivity index (χ1) is 7.69. The van der Waals surface area contributed by atoms with Crippen molar-refractivity contribution in [2.24, 2.45) is 0 Å². The molecule has 0 radical (unpaired) electrons. The first-order valence-electron chi connectivity index (χ1n) is 5.23. The van der Waals surface area contributed by atoms with Gasteiger partial charge in [0, 0.05) is 36.8 Å². The van der Waals surface area contributed by atoms with Crippen molar-refractivity contribution < 1.29 is 4.79 Å². The second-order valence-corrected chi connectivity index (χ2v) is 3.75. The molecule has 1 aromatic rings. The van der Waals surface area contributed by atoms with Gasteiger partial charge < -0.3 is 9.88 Å². The number of carbonyl (C=O) groups excluding carboxylic acids is 1. The summed E-state index contributed by atoms with van der Waals surface area (Å²) in [5.41, 5.74) is 0.152. The van der Waals surface area contributed by atoms with Crippen molar-refractivity contribution in [2.75, 3.05) is 19.0 Å². The number of nitrogens with one attached hydrogen (secondary N) is 1. The quantitative estimate of drug-likeness (QED) is 0.795. The lowest BCUT2D eigenvalue weighted by Gasteiger charge is -2.20. The first-order valence-corrected chi connectivity index (χ1v) is 5.76. The predicted octanol–water partition coefficient (Wildman–Crippen LogP) is 1.47. The van der Waals surface area contributed by atoms with E-state index in [-0.39, 0.29) is 11.5 Å². The molecule has 1 aromatic heterocycles. The van der Waals surface area contributed by atoms with Crippen LogP contribution in [0.4, 0.5) is 0 Å². The van der Waals surface area contributed by atoms with E-state index in [0.717, 1.165) is 6.42 Å². The van der Waals surface area contributed by atoms with Gasteiger partial charge in [-0.15, -0.1) is 11.6 Å². The predicted molar refractivity (Wildman–Crippen MR) is 64.0 cm³/mol. The van der Waals surface area contributed by atoms with E-state index >= 15 is 0 Å². The Balaban J connectivity index is 2.78. The van der Waals surface area contributed by atoms with Gasteiger partial charge in [0.1, 0.15) is 0 Å². The lowest BCUT2D eigenvalue weighted by atomic mass is 10.2. The molecule has 1 rings (SSSR count). The number of alkyl halides is 1. The zero-order chi connectivity index (χ0) is 12.0. The Labute approximate surface area is 99.2 Å². The van der Waals surface area contributed by atoms with Gasteiger partial charge in [-0.1, -0.05) is 0 Å². The van der Waals surface area contributed by atoms with Crippen molar-refractivity contribution in [3.8, 4) is 0 Å². The van der Waals surface area contributed by atoms with E-state index < -0.39 is 0 Å². The molecule has 1 N–H and O–H groups in total. The highest BCUT2D eigenvalue weighted by molar-refractivity contribution is 6.17. The van der Waals surface area contributed by atoms with Gasteiger partial charge in [-0.3, -0.25) is 9.59 Å². The molecule has 16 heavy (non-hydrogen) atoms. The normalized spacial score (nSPS) is 10.1. The van der Waals surface area contributed by atoms with E-state index in [2.05, 4.69) is 4.98 Å². The molecule has 0 aliphatic rings. The van der Waals surface area contributed by atoms with Crippen LogP contribution in [0, 0.1) is 0 Å². The summed E-state index contributed by atoms with van der Waals surface area (Å²) in [7, 11) is 0. The molecule has 0 aromatic carbocycles. The van der Waals surface area contributed by atoms with E-state index in [4.69, 9.17) is 11.6 Å². The van der Waals surface area contributed by atoms with E-state index in [1.807, 2.05) is 6.92 Å². The highest BCUT2D eigenvalue weighted by Gasteiger charge is 2.13. The number of hydrogen-bond donors (Lipinski definition) is 1. The van der Waals surface area contributed by atoms with E-state index in [0.29, 0.717) is 24.5 Å². The standard InChI is InChI=1S/C11H15ClN2O2/c1-2-14(7-3-5-12)11(16)9-4-6-13-10(15)8-9/h4,6,8H,2-3,5,7H2,1H3,(H,13,15). The van der Waals surface area contributed by atoms with Crippen molar-refractivity contribution in [3.63, 3.8) is 0 Å². The fourth-order valence-corrected chi connectivity index (χ4v) is 1.53. The summed E-state index contributed by atoms with van der Waals surface area (Å²) >= 11 is 5.59. The van der Waals surface area contributed by atoms with Gasteiger partial charge in [-0.05, 0) is 19.4 Å². The summed E-state index contributed by atoms with van der Waals surface area (Å²) in [4.78, 5) is 27.2. The molecule has 0 fully saturated rings. The van der Waals surface area contributed by atoms with Crippen molar-refractivity contribution in [3.05, 3.63) is 34.2 Å². The van der Waals surface area contributed by atoms with Crippen LogP contribution < -0.4 is 5.56 Å². The van der Waals surface area contributed by atoms with Crippen LogP contribution in [-0.4, -0.2) is 34.8 Å². The lowest BCUT2D eigenvalue weighted by molar-refractivity contribution is 0.0764. The first kappa shape index (κ1) is 12.8. The molecule has 0 saturated carbocycles. The largest absolute Gasteiger partial charge is 0.339 e. The molecular weight excluding hydrogens is 228 g/mol. The molecule has 0 atom stereocenters. The monoisotopic (exact) mass is 242 g/mol. The average Bonchev–Trinajstić information content (AvgIpc) is 2.29. The van der Waals surface area contributed by atoms with Crippen LogP contribution in [0.25, 0.3) is 0 Å². The molecular formula is C11H15ClN2O2. The van der Waals surface area contributed by atoms with Gasteiger partial charge in [-0.2, -0.15) is 0 Å². The number of nitrogens with zero attached hydrogens (tertiary/aromatic N) is 1. The van der Waals surface area contributed by atoms with Gasteiger partial charge in [0.05, 0.1) is 0 Å². The highest BCUT2D eigenvalue weighted by Crippen LogP contribution is 2.03. The van der Waals surface area contributed by atoms with Crippen LogP contribution in [0.3, 0.4) is 0 Å². The lowest BCUT2D eigenvalue weighted by Crippen LogP contribution is -2.32. The zero-order valence-electron chi connectivity index (χ0n) is 9.20.